The van der Waals surface area contributed by atoms with E-state index in [2.05, 4.69) is 95.3 Å². The maximum Gasteiger partial charge on any atom is 0.261 e. The van der Waals surface area contributed by atoms with Crippen LogP contribution in [0.2, 0.25) is 5.04 Å². The van der Waals surface area contributed by atoms with Gasteiger partial charge in [0.05, 0.1) is 19.8 Å². The molecule has 5 heteroatoms. The minimum atomic E-state index is -2.55. The third-order valence-corrected chi connectivity index (χ3v) is 12.5. The highest BCUT2D eigenvalue weighted by Crippen LogP contribution is 2.37. The Balaban J connectivity index is 1.70. The van der Waals surface area contributed by atoms with Crippen molar-refractivity contribution in [2.45, 2.75) is 65.2 Å². The number of benzene rings is 3. The summed E-state index contributed by atoms with van der Waals surface area (Å²) in [6, 6.07) is 29.6. The number of ether oxygens (including phenoxy) is 2. The van der Waals surface area contributed by atoms with Crippen molar-refractivity contribution in [2.24, 2.45) is 11.8 Å². The van der Waals surface area contributed by atoms with Crippen LogP contribution in [0.1, 0.15) is 53.0 Å². The summed E-state index contributed by atoms with van der Waals surface area (Å²) >= 11 is 0. The van der Waals surface area contributed by atoms with E-state index in [4.69, 9.17) is 13.9 Å². The van der Waals surface area contributed by atoms with Crippen molar-refractivity contribution in [1.82, 2.24) is 0 Å². The Kier molecular flexibility index (Phi) is 11.2. The minimum absolute atomic E-state index is 0.0163. The van der Waals surface area contributed by atoms with Gasteiger partial charge in [0.15, 0.2) is 0 Å². The molecule has 3 atom stereocenters. The maximum atomic E-state index is 9.87. The monoisotopic (exact) mass is 534 g/mol. The molecule has 3 aromatic carbocycles. The fourth-order valence-electron chi connectivity index (χ4n) is 5.14. The van der Waals surface area contributed by atoms with Gasteiger partial charge in [0.25, 0.3) is 8.32 Å². The first kappa shape index (κ1) is 30.1. The predicted octanol–water partition coefficient (Wildman–Crippen LogP) is 6.20. The van der Waals surface area contributed by atoms with Crippen molar-refractivity contribution < 1.29 is 19.0 Å². The number of aliphatic hydroxyl groups is 1. The van der Waals surface area contributed by atoms with Crippen LogP contribution in [0.25, 0.3) is 0 Å². The summed E-state index contributed by atoms with van der Waals surface area (Å²) in [5, 5.41) is 12.4. The maximum absolute atomic E-state index is 9.87. The number of hydrogen-bond acceptors (Lipinski definition) is 4. The van der Waals surface area contributed by atoms with E-state index >= 15 is 0 Å². The Morgan fingerprint density at radius 1 is 0.789 bits per heavy atom. The number of methoxy groups -OCH3 is 1. The average molecular weight is 535 g/mol. The fourth-order valence-corrected chi connectivity index (χ4v) is 9.83. The summed E-state index contributed by atoms with van der Waals surface area (Å²) in [6.45, 7) is 12.6. The van der Waals surface area contributed by atoms with Crippen LogP contribution in [-0.2, 0) is 15.8 Å². The summed E-state index contributed by atoms with van der Waals surface area (Å²) in [5.41, 5.74) is 1.10. The predicted molar refractivity (Wildman–Crippen MR) is 160 cm³/mol. The second-order valence-electron chi connectivity index (χ2n) is 11.5. The molecule has 38 heavy (non-hydrogen) atoms. The lowest BCUT2D eigenvalue weighted by Gasteiger charge is -2.43. The molecule has 0 spiro atoms. The van der Waals surface area contributed by atoms with Crippen molar-refractivity contribution in [3.63, 3.8) is 0 Å². The lowest BCUT2D eigenvalue weighted by Crippen LogP contribution is -2.66. The summed E-state index contributed by atoms with van der Waals surface area (Å²) < 4.78 is 18.7. The van der Waals surface area contributed by atoms with Gasteiger partial charge >= 0.3 is 0 Å². The Bertz CT molecular complexity index is 1020. The Labute approximate surface area is 231 Å². The topological polar surface area (TPSA) is 47.9 Å². The van der Waals surface area contributed by atoms with Crippen molar-refractivity contribution in [3.8, 4) is 5.75 Å². The largest absolute Gasteiger partial charge is 0.497 e. The highest BCUT2D eigenvalue weighted by Gasteiger charge is 2.50. The molecule has 0 aromatic heterocycles. The van der Waals surface area contributed by atoms with Gasteiger partial charge in [-0.3, -0.25) is 0 Å². The van der Waals surface area contributed by atoms with Crippen LogP contribution in [0.4, 0.5) is 0 Å². The van der Waals surface area contributed by atoms with E-state index in [0.29, 0.717) is 19.1 Å². The average Bonchev–Trinajstić information content (AvgIpc) is 2.93. The molecule has 0 radical (unpaired) electrons. The molecule has 0 saturated heterocycles. The van der Waals surface area contributed by atoms with Gasteiger partial charge in [0, 0.05) is 19.1 Å². The molecule has 0 fully saturated rings. The molecule has 0 amide bonds. The Morgan fingerprint density at radius 2 is 1.34 bits per heavy atom. The molecule has 0 aliphatic carbocycles. The molecule has 0 heterocycles. The van der Waals surface area contributed by atoms with E-state index in [1.165, 1.54) is 10.4 Å². The van der Waals surface area contributed by atoms with E-state index in [9.17, 15) is 5.11 Å². The van der Waals surface area contributed by atoms with E-state index in [1.54, 1.807) is 7.11 Å². The lowest BCUT2D eigenvalue weighted by molar-refractivity contribution is -0.0190. The number of aliphatic hydroxyl groups excluding tert-OH is 1. The third-order valence-electron chi connectivity index (χ3n) is 7.49. The van der Waals surface area contributed by atoms with Crippen LogP contribution < -0.4 is 15.1 Å². The van der Waals surface area contributed by atoms with E-state index in [-0.39, 0.29) is 23.7 Å². The van der Waals surface area contributed by atoms with Crippen molar-refractivity contribution >= 4 is 18.7 Å². The zero-order chi connectivity index (χ0) is 27.6. The summed E-state index contributed by atoms with van der Waals surface area (Å²) in [4.78, 5) is 0. The zero-order valence-corrected chi connectivity index (χ0v) is 25.0. The van der Waals surface area contributed by atoms with Gasteiger partial charge in [0.2, 0.25) is 0 Å². The van der Waals surface area contributed by atoms with Gasteiger partial charge in [-0.05, 0) is 51.9 Å². The summed E-state index contributed by atoms with van der Waals surface area (Å²) in [7, 11) is -0.876. The van der Waals surface area contributed by atoms with Crippen molar-refractivity contribution in [1.29, 1.82) is 0 Å². The fraction of sp³-hybridized carbons (Fsp3) is 0.455. The molecular weight excluding hydrogens is 488 g/mol. The van der Waals surface area contributed by atoms with E-state index in [1.807, 2.05) is 24.3 Å². The molecule has 0 bridgehead atoms. The first-order valence-electron chi connectivity index (χ1n) is 13.8. The van der Waals surface area contributed by atoms with Gasteiger partial charge < -0.3 is 19.0 Å². The van der Waals surface area contributed by atoms with Crippen molar-refractivity contribution in [2.75, 3.05) is 20.3 Å². The highest BCUT2D eigenvalue weighted by atomic mass is 28.4. The summed E-state index contributed by atoms with van der Waals surface area (Å²) in [6.07, 6.45) is 1.83. The van der Waals surface area contributed by atoms with Crippen LogP contribution in [-0.4, -0.2) is 39.9 Å². The molecule has 4 nitrogen and oxygen atoms in total. The van der Waals surface area contributed by atoms with Gasteiger partial charge in [-0.1, -0.05) is 107 Å². The van der Waals surface area contributed by atoms with E-state index in [0.717, 1.165) is 24.2 Å². The molecule has 206 valence electrons. The Hall–Kier alpha value is -2.44. The molecule has 0 aliphatic rings. The van der Waals surface area contributed by atoms with Crippen LogP contribution >= 0.6 is 0 Å². The van der Waals surface area contributed by atoms with Gasteiger partial charge in [-0.2, -0.15) is 0 Å². The SMILES string of the molecule is COc1ccc(CO[C@@H](CC[C@@H](C)CO[Si](c2ccccc2)(c2ccccc2)C(C)(C)C)[C@@H](C)CO)cc1. The molecular formula is C33H46O4Si. The molecule has 0 unspecified atom stereocenters. The number of hydrogen-bond donors (Lipinski definition) is 1. The highest BCUT2D eigenvalue weighted by molar-refractivity contribution is 6.99. The van der Waals surface area contributed by atoms with Crippen LogP contribution in [0.3, 0.4) is 0 Å². The molecule has 3 rings (SSSR count). The standard InChI is InChI=1S/C33H46O4Si/c1-26(17-22-32(27(2)23-34)36-25-28-18-20-29(35-6)21-19-28)24-37-38(33(3,4)5,30-13-9-7-10-14-30)31-15-11-8-12-16-31/h7-16,18-21,26-27,32,34H,17,22-25H2,1-6H3/t26-,27+,32+/m1/s1. The molecule has 0 aliphatic heterocycles. The second kappa shape index (κ2) is 14.1. The zero-order valence-electron chi connectivity index (χ0n) is 24.0. The smallest absolute Gasteiger partial charge is 0.261 e. The molecule has 1 N–H and O–H groups in total. The van der Waals surface area contributed by atoms with Crippen LogP contribution in [0.5, 0.6) is 5.75 Å². The quantitative estimate of drug-likeness (QED) is 0.250. The minimum Gasteiger partial charge on any atom is -0.497 e. The van der Waals surface area contributed by atoms with Gasteiger partial charge in [-0.15, -0.1) is 0 Å². The first-order valence-corrected chi connectivity index (χ1v) is 15.7. The van der Waals surface area contributed by atoms with Crippen molar-refractivity contribution in [3.05, 3.63) is 90.5 Å². The molecule has 3 aromatic rings. The van der Waals surface area contributed by atoms with Crippen LogP contribution in [0.15, 0.2) is 84.9 Å². The van der Waals surface area contributed by atoms with Crippen LogP contribution in [0, 0.1) is 11.8 Å². The van der Waals surface area contributed by atoms with Gasteiger partial charge in [0.1, 0.15) is 5.75 Å². The van der Waals surface area contributed by atoms with E-state index < -0.39 is 8.32 Å². The lowest BCUT2D eigenvalue weighted by atomic mass is 9.96. The summed E-state index contributed by atoms with van der Waals surface area (Å²) in [5.74, 6) is 1.26. The molecule has 0 saturated carbocycles. The first-order chi connectivity index (χ1) is 18.2. The number of rotatable bonds is 14. The Morgan fingerprint density at radius 3 is 1.82 bits per heavy atom. The normalized spacial score (nSPS) is 14.6. The van der Waals surface area contributed by atoms with Gasteiger partial charge in [-0.25, -0.2) is 0 Å². The second-order valence-corrected chi connectivity index (χ2v) is 15.8. The third kappa shape index (κ3) is 7.57.